The molecule has 6 heteroatoms. The number of benzene rings is 2. The number of anilines is 2. The van der Waals surface area contributed by atoms with Crippen molar-refractivity contribution in [2.24, 2.45) is 5.92 Å². The van der Waals surface area contributed by atoms with Crippen LogP contribution in [0, 0.1) is 19.8 Å². The van der Waals surface area contributed by atoms with Crippen molar-refractivity contribution in [3.63, 3.8) is 0 Å². The standard InChI is InChI=1S/C20H21ClN2O3/c1-12-4-5-13(2)16(8-12)22-20(25)14-9-19(24)23(11-14)17-10-15(21)6-7-18(17)26-3/h4-8,10,14H,9,11H2,1-3H3,(H,22,25)/t14-/m0/s1. The molecule has 0 unspecified atom stereocenters. The number of hydrogen-bond acceptors (Lipinski definition) is 3. The highest BCUT2D eigenvalue weighted by Crippen LogP contribution is 2.35. The van der Waals surface area contributed by atoms with Gasteiger partial charge in [0.05, 0.1) is 18.7 Å². The smallest absolute Gasteiger partial charge is 0.229 e. The van der Waals surface area contributed by atoms with E-state index in [0.29, 0.717) is 23.0 Å². The van der Waals surface area contributed by atoms with E-state index in [-0.39, 0.29) is 18.2 Å². The molecule has 136 valence electrons. The van der Waals surface area contributed by atoms with Crippen LogP contribution in [-0.4, -0.2) is 25.5 Å². The molecule has 0 saturated carbocycles. The Bertz CT molecular complexity index is 866. The predicted molar refractivity (Wildman–Crippen MR) is 103 cm³/mol. The summed E-state index contributed by atoms with van der Waals surface area (Å²) in [6.45, 7) is 4.21. The van der Waals surface area contributed by atoms with Crippen LogP contribution in [0.15, 0.2) is 36.4 Å². The average Bonchev–Trinajstić information content (AvgIpc) is 3.00. The molecule has 2 aromatic carbocycles. The minimum Gasteiger partial charge on any atom is -0.495 e. The molecule has 0 aliphatic carbocycles. The monoisotopic (exact) mass is 372 g/mol. The van der Waals surface area contributed by atoms with Gasteiger partial charge in [-0.05, 0) is 49.2 Å². The first-order valence-electron chi connectivity index (χ1n) is 8.41. The number of ether oxygens (including phenoxy) is 1. The van der Waals surface area contributed by atoms with E-state index in [1.807, 2.05) is 32.0 Å². The SMILES string of the molecule is COc1ccc(Cl)cc1N1C[C@@H](C(=O)Nc2cc(C)ccc2C)CC1=O. The summed E-state index contributed by atoms with van der Waals surface area (Å²) in [4.78, 5) is 26.7. The number of methoxy groups -OCH3 is 1. The molecule has 1 fully saturated rings. The van der Waals surface area contributed by atoms with Gasteiger partial charge in [-0.3, -0.25) is 9.59 Å². The summed E-state index contributed by atoms with van der Waals surface area (Å²) < 4.78 is 5.33. The predicted octanol–water partition coefficient (Wildman–Crippen LogP) is 3.96. The maximum atomic E-state index is 12.7. The third kappa shape index (κ3) is 3.68. The van der Waals surface area contributed by atoms with E-state index in [9.17, 15) is 9.59 Å². The van der Waals surface area contributed by atoms with Crippen molar-refractivity contribution in [3.05, 3.63) is 52.5 Å². The van der Waals surface area contributed by atoms with Crippen LogP contribution in [0.1, 0.15) is 17.5 Å². The second-order valence-electron chi connectivity index (χ2n) is 6.53. The van der Waals surface area contributed by atoms with Crippen LogP contribution in [0.25, 0.3) is 0 Å². The molecule has 1 heterocycles. The van der Waals surface area contributed by atoms with E-state index in [1.165, 1.54) is 7.11 Å². The van der Waals surface area contributed by atoms with E-state index in [4.69, 9.17) is 16.3 Å². The van der Waals surface area contributed by atoms with Crippen molar-refractivity contribution in [1.29, 1.82) is 0 Å². The van der Waals surface area contributed by atoms with E-state index in [2.05, 4.69) is 5.32 Å². The number of nitrogens with zero attached hydrogens (tertiary/aromatic N) is 1. The highest BCUT2D eigenvalue weighted by molar-refractivity contribution is 6.31. The normalized spacial score (nSPS) is 16.7. The van der Waals surface area contributed by atoms with Crippen LogP contribution in [0.4, 0.5) is 11.4 Å². The third-order valence-corrected chi connectivity index (χ3v) is 4.81. The van der Waals surface area contributed by atoms with Gasteiger partial charge in [0.2, 0.25) is 11.8 Å². The topological polar surface area (TPSA) is 58.6 Å². The lowest BCUT2D eigenvalue weighted by molar-refractivity contribution is -0.122. The number of aryl methyl sites for hydroxylation is 2. The Balaban J connectivity index is 1.78. The number of rotatable bonds is 4. The lowest BCUT2D eigenvalue weighted by Crippen LogP contribution is -2.28. The Morgan fingerprint density at radius 2 is 2.00 bits per heavy atom. The number of hydrogen-bond donors (Lipinski definition) is 1. The molecule has 2 aromatic rings. The molecule has 1 saturated heterocycles. The lowest BCUT2D eigenvalue weighted by Gasteiger charge is -2.20. The summed E-state index contributed by atoms with van der Waals surface area (Å²) in [5, 5.41) is 3.46. The zero-order valence-electron chi connectivity index (χ0n) is 15.0. The first-order chi connectivity index (χ1) is 12.4. The lowest BCUT2D eigenvalue weighted by atomic mass is 10.1. The Morgan fingerprint density at radius 1 is 1.23 bits per heavy atom. The summed E-state index contributed by atoms with van der Waals surface area (Å²) in [6, 6.07) is 11.0. The van der Waals surface area contributed by atoms with Crippen molar-refractivity contribution in [2.75, 3.05) is 23.9 Å². The van der Waals surface area contributed by atoms with E-state index in [1.54, 1.807) is 23.1 Å². The quantitative estimate of drug-likeness (QED) is 0.883. The molecule has 3 rings (SSSR count). The fourth-order valence-corrected chi connectivity index (χ4v) is 3.26. The summed E-state index contributed by atoms with van der Waals surface area (Å²) >= 11 is 6.07. The molecule has 1 aliphatic heterocycles. The van der Waals surface area contributed by atoms with E-state index in [0.717, 1.165) is 16.8 Å². The van der Waals surface area contributed by atoms with Gasteiger partial charge in [-0.2, -0.15) is 0 Å². The fourth-order valence-electron chi connectivity index (χ4n) is 3.10. The first-order valence-corrected chi connectivity index (χ1v) is 8.79. The van der Waals surface area contributed by atoms with Crippen LogP contribution in [0.3, 0.4) is 0 Å². The molecule has 0 aromatic heterocycles. The van der Waals surface area contributed by atoms with Gasteiger partial charge in [0.1, 0.15) is 5.75 Å². The van der Waals surface area contributed by atoms with Crippen molar-refractivity contribution in [1.82, 2.24) is 0 Å². The molecule has 26 heavy (non-hydrogen) atoms. The van der Waals surface area contributed by atoms with Crippen LogP contribution >= 0.6 is 11.6 Å². The number of nitrogens with one attached hydrogen (secondary N) is 1. The van der Waals surface area contributed by atoms with Gasteiger partial charge in [-0.1, -0.05) is 23.7 Å². The molecular formula is C20H21ClN2O3. The minimum absolute atomic E-state index is 0.119. The zero-order valence-corrected chi connectivity index (χ0v) is 15.8. The molecule has 5 nitrogen and oxygen atoms in total. The van der Waals surface area contributed by atoms with Crippen molar-refractivity contribution in [3.8, 4) is 5.75 Å². The fraction of sp³-hybridized carbons (Fsp3) is 0.300. The Morgan fingerprint density at radius 3 is 2.73 bits per heavy atom. The van der Waals surface area contributed by atoms with Crippen LogP contribution < -0.4 is 15.0 Å². The van der Waals surface area contributed by atoms with Crippen molar-refractivity contribution in [2.45, 2.75) is 20.3 Å². The van der Waals surface area contributed by atoms with Gasteiger partial charge in [0, 0.05) is 23.7 Å². The van der Waals surface area contributed by atoms with Crippen LogP contribution in [-0.2, 0) is 9.59 Å². The highest BCUT2D eigenvalue weighted by atomic mass is 35.5. The largest absolute Gasteiger partial charge is 0.495 e. The number of carbonyl (C=O) groups excluding carboxylic acids is 2. The van der Waals surface area contributed by atoms with Crippen molar-refractivity contribution >= 4 is 34.8 Å². The maximum Gasteiger partial charge on any atom is 0.229 e. The van der Waals surface area contributed by atoms with E-state index >= 15 is 0 Å². The molecule has 0 spiro atoms. The van der Waals surface area contributed by atoms with E-state index < -0.39 is 5.92 Å². The van der Waals surface area contributed by atoms with Gasteiger partial charge in [-0.25, -0.2) is 0 Å². The molecular weight excluding hydrogens is 352 g/mol. The van der Waals surface area contributed by atoms with Gasteiger partial charge >= 0.3 is 0 Å². The Hall–Kier alpha value is -2.53. The van der Waals surface area contributed by atoms with Gasteiger partial charge in [0.25, 0.3) is 0 Å². The van der Waals surface area contributed by atoms with Crippen molar-refractivity contribution < 1.29 is 14.3 Å². The zero-order chi connectivity index (χ0) is 18.8. The molecule has 2 amide bonds. The van der Waals surface area contributed by atoms with Gasteiger partial charge in [0.15, 0.2) is 0 Å². The maximum absolute atomic E-state index is 12.7. The van der Waals surface area contributed by atoms with Gasteiger partial charge < -0.3 is 15.0 Å². The second kappa shape index (κ2) is 7.38. The minimum atomic E-state index is -0.425. The number of carbonyl (C=O) groups is 2. The Labute approximate surface area is 157 Å². The molecule has 1 atom stereocenters. The summed E-state index contributed by atoms with van der Waals surface area (Å²) in [5.74, 6) is -0.147. The molecule has 0 bridgehead atoms. The molecule has 1 N–H and O–H groups in total. The van der Waals surface area contributed by atoms with Gasteiger partial charge in [-0.15, -0.1) is 0 Å². The highest BCUT2D eigenvalue weighted by Gasteiger charge is 2.36. The van der Waals surface area contributed by atoms with Crippen LogP contribution in [0.2, 0.25) is 5.02 Å². The second-order valence-corrected chi connectivity index (χ2v) is 6.97. The number of amides is 2. The third-order valence-electron chi connectivity index (χ3n) is 4.58. The first kappa shape index (κ1) is 18.3. The summed E-state index contributed by atoms with van der Waals surface area (Å²) in [5.41, 5.74) is 3.42. The van der Waals surface area contributed by atoms with Crippen LogP contribution in [0.5, 0.6) is 5.75 Å². The summed E-state index contributed by atoms with van der Waals surface area (Å²) in [7, 11) is 1.54. The molecule has 1 aliphatic rings. The molecule has 0 radical (unpaired) electrons. The number of halogens is 1. The summed E-state index contributed by atoms with van der Waals surface area (Å²) in [6.07, 6.45) is 0.159. The Kier molecular flexibility index (Phi) is 5.18. The average molecular weight is 373 g/mol.